The third kappa shape index (κ3) is 4.23. The second kappa shape index (κ2) is 7.49. The quantitative estimate of drug-likeness (QED) is 0.606. The largest absolute Gasteiger partial charge is 0.466 e. The number of carbonyl (C=O) groups is 2. The van der Waals surface area contributed by atoms with E-state index >= 15 is 0 Å². The number of ether oxygens (including phenoxy) is 1. The molecule has 116 valence electrons. The van der Waals surface area contributed by atoms with Gasteiger partial charge in [-0.25, -0.2) is 4.98 Å². The molecule has 0 atom stereocenters. The van der Waals surface area contributed by atoms with E-state index in [0.29, 0.717) is 38.3 Å². The molecule has 0 radical (unpaired) electrons. The Morgan fingerprint density at radius 1 is 1.43 bits per heavy atom. The minimum atomic E-state index is -0.132. The Kier molecular flexibility index (Phi) is 5.67. The Morgan fingerprint density at radius 3 is 2.71 bits per heavy atom. The van der Waals surface area contributed by atoms with Gasteiger partial charge in [0.2, 0.25) is 5.91 Å². The van der Waals surface area contributed by atoms with Gasteiger partial charge in [0.25, 0.3) is 0 Å². The summed E-state index contributed by atoms with van der Waals surface area (Å²) in [7, 11) is 1.91. The summed E-state index contributed by atoms with van der Waals surface area (Å²) in [6.07, 6.45) is 4.96. The first-order valence-electron chi connectivity index (χ1n) is 7.16. The lowest BCUT2D eigenvalue weighted by molar-refractivity contribution is -0.151. The molecule has 6 nitrogen and oxygen atoms in total. The maximum absolute atomic E-state index is 12.2. The fraction of sp³-hybridized carbons (Fsp3) is 0.643. The van der Waals surface area contributed by atoms with Gasteiger partial charge in [-0.2, -0.15) is 0 Å². The number of nitrogens with zero attached hydrogens (tertiary/aromatic N) is 3. The Hall–Kier alpha value is -1.50. The zero-order valence-corrected chi connectivity index (χ0v) is 13.3. The topological polar surface area (TPSA) is 64.4 Å². The highest BCUT2D eigenvalue weighted by Gasteiger charge is 2.28. The molecule has 1 amide bonds. The number of piperidine rings is 1. The molecule has 0 aromatic carbocycles. The Bertz CT molecular complexity index is 495. The molecule has 1 aromatic heterocycles. The predicted molar refractivity (Wildman–Crippen MR) is 79.9 cm³/mol. The van der Waals surface area contributed by atoms with Gasteiger partial charge in [0.1, 0.15) is 0 Å². The van der Waals surface area contributed by atoms with Crippen molar-refractivity contribution in [2.24, 2.45) is 13.0 Å². The van der Waals surface area contributed by atoms with Gasteiger partial charge in [-0.05, 0) is 19.8 Å². The number of aromatic nitrogens is 2. The third-order valence-electron chi connectivity index (χ3n) is 3.57. The molecule has 0 spiro atoms. The average Bonchev–Trinajstić information content (AvgIpc) is 2.90. The number of amides is 1. The van der Waals surface area contributed by atoms with Crippen molar-refractivity contribution in [2.45, 2.75) is 24.9 Å². The summed E-state index contributed by atoms with van der Waals surface area (Å²) in [6, 6.07) is 0. The van der Waals surface area contributed by atoms with Crippen molar-refractivity contribution in [3.05, 3.63) is 12.4 Å². The molecule has 0 bridgehead atoms. The number of imidazole rings is 1. The smallest absolute Gasteiger partial charge is 0.309 e. The third-order valence-corrected chi connectivity index (χ3v) is 4.61. The van der Waals surface area contributed by atoms with Crippen molar-refractivity contribution in [3.63, 3.8) is 0 Å². The fourth-order valence-electron chi connectivity index (χ4n) is 2.33. The zero-order valence-electron chi connectivity index (χ0n) is 12.4. The maximum Gasteiger partial charge on any atom is 0.309 e. The summed E-state index contributed by atoms with van der Waals surface area (Å²) in [5, 5.41) is 0.838. The zero-order chi connectivity index (χ0) is 15.2. The number of hydrogen-bond acceptors (Lipinski definition) is 5. The lowest BCUT2D eigenvalue weighted by Crippen LogP contribution is -2.41. The molecule has 21 heavy (non-hydrogen) atoms. The number of hydrogen-bond donors (Lipinski definition) is 0. The van der Waals surface area contributed by atoms with Crippen LogP contribution in [0.3, 0.4) is 0 Å². The van der Waals surface area contributed by atoms with Gasteiger partial charge in [-0.3, -0.25) is 9.59 Å². The average molecular weight is 311 g/mol. The summed E-state index contributed by atoms with van der Waals surface area (Å²) in [5.74, 6) is 0.294. The van der Waals surface area contributed by atoms with E-state index in [-0.39, 0.29) is 17.8 Å². The minimum absolute atomic E-state index is 0.0591. The van der Waals surface area contributed by atoms with Crippen molar-refractivity contribution in [2.75, 3.05) is 25.4 Å². The van der Waals surface area contributed by atoms with Crippen LogP contribution >= 0.6 is 11.8 Å². The fourth-order valence-corrected chi connectivity index (χ4v) is 3.17. The minimum Gasteiger partial charge on any atom is -0.466 e. The van der Waals surface area contributed by atoms with E-state index in [9.17, 15) is 9.59 Å². The first kappa shape index (κ1) is 15.9. The number of likely N-dealkylation sites (tertiary alicyclic amines) is 1. The molecule has 7 heteroatoms. The lowest BCUT2D eigenvalue weighted by Gasteiger charge is -2.30. The molecule has 1 fully saturated rings. The van der Waals surface area contributed by atoms with Crippen LogP contribution < -0.4 is 0 Å². The summed E-state index contributed by atoms with van der Waals surface area (Å²) >= 11 is 1.44. The SMILES string of the molecule is CCOC(=O)C1CCN(C(=O)CSc2nccn2C)CC1. The van der Waals surface area contributed by atoms with Crippen molar-refractivity contribution < 1.29 is 14.3 Å². The highest BCUT2D eigenvalue weighted by molar-refractivity contribution is 7.99. The molecule has 0 unspecified atom stereocenters. The van der Waals surface area contributed by atoms with E-state index in [1.165, 1.54) is 11.8 Å². The van der Waals surface area contributed by atoms with Crippen molar-refractivity contribution in [1.29, 1.82) is 0 Å². The van der Waals surface area contributed by atoms with Gasteiger partial charge >= 0.3 is 5.97 Å². The Morgan fingerprint density at radius 2 is 2.14 bits per heavy atom. The van der Waals surface area contributed by atoms with E-state index < -0.39 is 0 Å². The number of rotatable bonds is 5. The second-order valence-corrected chi connectivity index (χ2v) is 5.96. The van der Waals surface area contributed by atoms with Crippen LogP contribution in [0.25, 0.3) is 0 Å². The van der Waals surface area contributed by atoms with Crippen molar-refractivity contribution >= 4 is 23.6 Å². The number of carbonyl (C=O) groups excluding carboxylic acids is 2. The Labute approximate surface area is 128 Å². The summed E-state index contributed by atoms with van der Waals surface area (Å²) < 4.78 is 6.92. The van der Waals surface area contributed by atoms with Crippen LogP contribution in [0.15, 0.2) is 17.6 Å². The van der Waals surface area contributed by atoms with Crippen LogP contribution in [0.5, 0.6) is 0 Å². The molecule has 1 aromatic rings. The molecule has 2 rings (SSSR count). The molecule has 1 aliphatic rings. The first-order valence-corrected chi connectivity index (χ1v) is 8.15. The van der Waals surface area contributed by atoms with E-state index in [4.69, 9.17) is 4.74 Å². The molecule has 1 saturated heterocycles. The van der Waals surface area contributed by atoms with E-state index in [2.05, 4.69) is 4.98 Å². The second-order valence-electron chi connectivity index (χ2n) is 5.02. The molecule has 0 N–H and O–H groups in total. The molecular formula is C14H21N3O3S. The number of thioether (sulfide) groups is 1. The van der Waals surface area contributed by atoms with E-state index in [1.807, 2.05) is 29.6 Å². The van der Waals surface area contributed by atoms with Crippen molar-refractivity contribution in [3.8, 4) is 0 Å². The van der Waals surface area contributed by atoms with Gasteiger partial charge in [-0.15, -0.1) is 0 Å². The highest BCUT2D eigenvalue weighted by Crippen LogP contribution is 2.21. The number of esters is 1. The van der Waals surface area contributed by atoms with Crippen LogP contribution in [-0.4, -0.2) is 51.8 Å². The van der Waals surface area contributed by atoms with Crippen LogP contribution in [0.1, 0.15) is 19.8 Å². The monoisotopic (exact) mass is 311 g/mol. The highest BCUT2D eigenvalue weighted by atomic mass is 32.2. The lowest BCUT2D eigenvalue weighted by atomic mass is 9.97. The molecule has 1 aliphatic heterocycles. The van der Waals surface area contributed by atoms with Crippen LogP contribution in [0.4, 0.5) is 0 Å². The van der Waals surface area contributed by atoms with Gasteiger partial charge < -0.3 is 14.2 Å². The van der Waals surface area contributed by atoms with Gasteiger partial charge in [-0.1, -0.05) is 11.8 Å². The summed E-state index contributed by atoms with van der Waals surface area (Å²) in [5.41, 5.74) is 0. The maximum atomic E-state index is 12.2. The standard InChI is InChI=1S/C14H21N3O3S/c1-3-20-13(19)11-4-7-17(8-5-11)12(18)10-21-14-15-6-9-16(14)2/h6,9,11H,3-5,7-8,10H2,1-2H3. The molecule has 2 heterocycles. The molecular weight excluding hydrogens is 290 g/mol. The van der Waals surface area contributed by atoms with Gasteiger partial charge in [0, 0.05) is 32.5 Å². The van der Waals surface area contributed by atoms with Crippen molar-refractivity contribution in [1.82, 2.24) is 14.5 Å². The summed E-state index contributed by atoms with van der Waals surface area (Å²) in [6.45, 7) is 3.48. The number of aryl methyl sites for hydroxylation is 1. The van der Waals surface area contributed by atoms with E-state index in [0.717, 1.165) is 5.16 Å². The van der Waals surface area contributed by atoms with Gasteiger partial charge in [0.15, 0.2) is 5.16 Å². The van der Waals surface area contributed by atoms with E-state index in [1.54, 1.807) is 6.20 Å². The van der Waals surface area contributed by atoms with Gasteiger partial charge in [0.05, 0.1) is 18.3 Å². The molecule has 0 saturated carbocycles. The summed E-state index contributed by atoms with van der Waals surface area (Å²) in [4.78, 5) is 29.8. The van der Waals surface area contributed by atoms with Crippen LogP contribution in [0.2, 0.25) is 0 Å². The Balaban J connectivity index is 1.75. The van der Waals surface area contributed by atoms with Crippen LogP contribution in [-0.2, 0) is 21.4 Å². The molecule has 0 aliphatic carbocycles. The van der Waals surface area contributed by atoms with Crippen LogP contribution in [0, 0.1) is 5.92 Å². The predicted octanol–water partition coefficient (Wildman–Crippen LogP) is 1.31. The first-order chi connectivity index (χ1) is 10.1. The normalized spacial score (nSPS) is 16.0.